The van der Waals surface area contributed by atoms with Gasteiger partial charge in [0.2, 0.25) is 0 Å². The van der Waals surface area contributed by atoms with Crippen LogP contribution in [0.5, 0.6) is 17.2 Å². The number of esters is 1. The maximum Gasteiger partial charge on any atom is 0.303 e. The summed E-state index contributed by atoms with van der Waals surface area (Å²) in [5, 5.41) is 44.5. The van der Waals surface area contributed by atoms with E-state index in [1.54, 1.807) is 34.6 Å². The molecule has 3 aliphatic rings. The number of aromatic hydroxyl groups is 2. The largest absolute Gasteiger partial charge is 0.507 e. The van der Waals surface area contributed by atoms with Crippen molar-refractivity contribution in [1.82, 2.24) is 0 Å². The van der Waals surface area contributed by atoms with Crippen LogP contribution in [-0.4, -0.2) is 67.8 Å². The van der Waals surface area contributed by atoms with E-state index in [1.165, 1.54) is 13.0 Å². The molecule has 1 saturated carbocycles. The Hall–Kier alpha value is -2.62. The van der Waals surface area contributed by atoms with Crippen LogP contribution in [0.15, 0.2) is 17.7 Å². The van der Waals surface area contributed by atoms with Gasteiger partial charge in [0, 0.05) is 30.2 Å². The van der Waals surface area contributed by atoms with Crippen LogP contribution in [0.3, 0.4) is 0 Å². The lowest BCUT2D eigenvalue weighted by Crippen LogP contribution is -2.69. The molecule has 1 aromatic rings. The van der Waals surface area contributed by atoms with Crippen LogP contribution >= 0.6 is 0 Å². The number of carbonyl (C=O) groups excluding carboxylic acids is 2. The Morgan fingerprint density at radius 1 is 1.26 bits per heavy atom. The van der Waals surface area contributed by atoms with E-state index in [0.717, 1.165) is 5.57 Å². The monoisotopic (exact) mass is 546 g/mol. The van der Waals surface area contributed by atoms with E-state index in [9.17, 15) is 30.0 Å². The molecule has 1 aromatic carbocycles. The van der Waals surface area contributed by atoms with Gasteiger partial charge < -0.3 is 34.6 Å². The Morgan fingerprint density at radius 3 is 2.46 bits per heavy atom. The fraction of sp³-hybridized carbons (Fsp3) is 0.667. The summed E-state index contributed by atoms with van der Waals surface area (Å²) < 4.78 is 18.2. The third-order valence-corrected chi connectivity index (χ3v) is 9.35. The standard InChI is InChI=1S/C30H42O9/c1-9-14(2)25(37-16(4)31)15(3)17-12-18(32)22-24(35)27-29(7,39-26(22)23(17)34)11-10-20-30(27,8)19(33)13-21(38-20)28(5,6)36/h9,12,15,19-21,25,27,32-34,36H,10-11,13H2,1-8H3. The number of fused-ring (bicyclic) bond motifs is 4. The summed E-state index contributed by atoms with van der Waals surface area (Å²) in [6.45, 7) is 13.5. The molecule has 1 saturated heterocycles. The number of aliphatic hydroxyl groups excluding tert-OH is 1. The number of allylic oxidation sites excluding steroid dienone is 1. The summed E-state index contributed by atoms with van der Waals surface area (Å²) in [6.07, 6.45) is 0.00160. The molecule has 9 nitrogen and oxygen atoms in total. The molecule has 39 heavy (non-hydrogen) atoms. The third kappa shape index (κ3) is 4.62. The van der Waals surface area contributed by atoms with Gasteiger partial charge in [0.25, 0.3) is 0 Å². The molecule has 0 radical (unpaired) electrons. The predicted molar refractivity (Wildman–Crippen MR) is 143 cm³/mol. The van der Waals surface area contributed by atoms with Crippen LogP contribution in [0.1, 0.15) is 96.5 Å². The van der Waals surface area contributed by atoms with Crippen LogP contribution in [0.25, 0.3) is 0 Å². The fourth-order valence-electron chi connectivity index (χ4n) is 6.98. The molecule has 216 valence electrons. The first-order valence-electron chi connectivity index (χ1n) is 13.6. The Bertz CT molecular complexity index is 1200. The summed E-state index contributed by atoms with van der Waals surface area (Å²) in [7, 11) is 0. The van der Waals surface area contributed by atoms with Crippen LogP contribution in [0.4, 0.5) is 0 Å². The van der Waals surface area contributed by atoms with Crippen molar-refractivity contribution in [1.29, 1.82) is 0 Å². The molecule has 0 amide bonds. The van der Waals surface area contributed by atoms with Gasteiger partial charge >= 0.3 is 5.97 Å². The number of phenolic OH excluding ortho intramolecular Hbond substituents is 2. The molecule has 1 aliphatic carbocycles. The fourth-order valence-corrected chi connectivity index (χ4v) is 6.98. The van der Waals surface area contributed by atoms with Crippen molar-refractivity contribution in [3.63, 3.8) is 0 Å². The molecule has 4 rings (SSSR count). The van der Waals surface area contributed by atoms with Crippen LogP contribution in [0.2, 0.25) is 0 Å². The van der Waals surface area contributed by atoms with Gasteiger partial charge in [0.1, 0.15) is 23.0 Å². The van der Waals surface area contributed by atoms with Crippen molar-refractivity contribution >= 4 is 11.8 Å². The lowest BCUT2D eigenvalue weighted by molar-refractivity contribution is -0.263. The molecule has 9 heteroatoms. The normalized spacial score (nSPS) is 34.2. The summed E-state index contributed by atoms with van der Waals surface area (Å²) in [5.74, 6) is -3.12. The van der Waals surface area contributed by atoms with Crippen molar-refractivity contribution in [2.45, 2.75) is 116 Å². The van der Waals surface area contributed by atoms with Crippen molar-refractivity contribution in [3.05, 3.63) is 28.8 Å². The number of Topliss-reactive ketones (excluding diaryl/α,β-unsaturated/α-hetero) is 1. The molecular weight excluding hydrogens is 504 g/mol. The maximum absolute atomic E-state index is 14.2. The number of phenols is 2. The first-order valence-corrected chi connectivity index (χ1v) is 13.6. The zero-order valence-electron chi connectivity index (χ0n) is 24.1. The second-order valence-corrected chi connectivity index (χ2v) is 12.5. The zero-order chi connectivity index (χ0) is 29.2. The van der Waals surface area contributed by atoms with E-state index >= 15 is 0 Å². The second-order valence-electron chi connectivity index (χ2n) is 12.5. The van der Waals surface area contributed by atoms with Crippen molar-refractivity contribution in [2.75, 3.05) is 0 Å². The topological polar surface area (TPSA) is 143 Å². The second kappa shape index (κ2) is 9.78. The molecule has 0 aromatic heterocycles. The lowest BCUT2D eigenvalue weighted by atomic mass is 9.52. The first kappa shape index (κ1) is 29.4. The van der Waals surface area contributed by atoms with Gasteiger partial charge in [-0.25, -0.2) is 0 Å². The minimum absolute atomic E-state index is 0.108. The lowest BCUT2D eigenvalue weighted by Gasteiger charge is -2.61. The molecular formula is C30H42O9. The van der Waals surface area contributed by atoms with Crippen LogP contribution in [-0.2, 0) is 14.3 Å². The van der Waals surface area contributed by atoms with Crippen LogP contribution in [0, 0.1) is 11.3 Å². The molecule has 0 spiro atoms. The molecule has 8 unspecified atom stereocenters. The summed E-state index contributed by atoms with van der Waals surface area (Å²) >= 11 is 0. The zero-order valence-corrected chi connectivity index (χ0v) is 24.1. The average Bonchev–Trinajstić information content (AvgIpc) is 2.83. The summed E-state index contributed by atoms with van der Waals surface area (Å²) in [6, 6.07) is 1.32. The number of hydrogen-bond acceptors (Lipinski definition) is 9. The quantitative estimate of drug-likeness (QED) is 0.243. The molecule has 2 fully saturated rings. The number of benzene rings is 1. The van der Waals surface area contributed by atoms with E-state index in [2.05, 4.69) is 0 Å². The smallest absolute Gasteiger partial charge is 0.303 e. The highest BCUT2D eigenvalue weighted by Crippen LogP contribution is 2.61. The molecule has 4 N–H and O–H groups in total. The van der Waals surface area contributed by atoms with Gasteiger partial charge in [-0.1, -0.05) is 19.9 Å². The summed E-state index contributed by atoms with van der Waals surface area (Å²) in [5.41, 5.74) is -2.42. The first-order chi connectivity index (χ1) is 18.0. The highest BCUT2D eigenvalue weighted by molar-refractivity contribution is 6.06. The minimum Gasteiger partial charge on any atom is -0.507 e. The Morgan fingerprint density at radius 2 is 1.90 bits per heavy atom. The highest BCUT2D eigenvalue weighted by atomic mass is 16.5. The van der Waals surface area contributed by atoms with E-state index in [-0.39, 0.29) is 34.8 Å². The van der Waals surface area contributed by atoms with E-state index in [4.69, 9.17) is 14.2 Å². The molecule has 2 heterocycles. The molecule has 2 aliphatic heterocycles. The number of hydrogen-bond donors (Lipinski definition) is 4. The highest BCUT2D eigenvalue weighted by Gasteiger charge is 2.66. The molecule has 8 atom stereocenters. The van der Waals surface area contributed by atoms with Gasteiger partial charge in [-0.2, -0.15) is 0 Å². The number of ether oxygens (including phenoxy) is 3. The van der Waals surface area contributed by atoms with Crippen molar-refractivity contribution < 1.29 is 44.2 Å². The Balaban J connectivity index is 1.79. The third-order valence-electron chi connectivity index (χ3n) is 9.35. The number of rotatable bonds is 5. The number of carbonyl (C=O) groups is 2. The van der Waals surface area contributed by atoms with Crippen molar-refractivity contribution in [2.24, 2.45) is 11.3 Å². The average molecular weight is 547 g/mol. The predicted octanol–water partition coefficient (Wildman–Crippen LogP) is 4.14. The maximum atomic E-state index is 14.2. The van der Waals surface area contributed by atoms with Gasteiger partial charge in [0.15, 0.2) is 17.3 Å². The van der Waals surface area contributed by atoms with E-state index < -0.39 is 64.6 Å². The summed E-state index contributed by atoms with van der Waals surface area (Å²) in [4.78, 5) is 26.0. The Kier molecular flexibility index (Phi) is 7.37. The van der Waals surface area contributed by atoms with Crippen LogP contribution < -0.4 is 4.74 Å². The van der Waals surface area contributed by atoms with Gasteiger partial charge in [-0.15, -0.1) is 0 Å². The van der Waals surface area contributed by atoms with Gasteiger partial charge in [-0.3, -0.25) is 9.59 Å². The Labute approximate surface area is 229 Å². The SMILES string of the molecule is CC=C(C)C(OC(C)=O)C(C)c1cc(O)c2c(c1O)OC1(C)CCC3OC(C(C)(C)O)CC(O)C3(C)C1C2=O. The minimum atomic E-state index is -1.17. The molecule has 0 bridgehead atoms. The van der Waals surface area contributed by atoms with Gasteiger partial charge in [-0.05, 0) is 59.1 Å². The van der Waals surface area contributed by atoms with Gasteiger partial charge in [0.05, 0.1) is 29.8 Å². The number of aliphatic hydroxyl groups is 2. The van der Waals surface area contributed by atoms with E-state index in [1.807, 2.05) is 19.9 Å². The van der Waals surface area contributed by atoms with E-state index in [0.29, 0.717) is 12.8 Å². The van der Waals surface area contributed by atoms with Crippen molar-refractivity contribution in [3.8, 4) is 17.2 Å². The number of ketones is 1.